The standard InChI is InChI=1S/C17H27N3O2/c1-12-8-9-20(15-7-5-4-6-14(12)15)11-13-10-16(21)19(3)17(22)18(13)2/h10,12,14-15H,4-9,11H2,1-3H3. The molecule has 5 nitrogen and oxygen atoms in total. The lowest BCUT2D eigenvalue weighted by atomic mass is 9.72. The monoisotopic (exact) mass is 305 g/mol. The second-order valence-electron chi connectivity index (χ2n) is 7.13. The molecule has 3 unspecified atom stereocenters. The van der Waals surface area contributed by atoms with Crippen molar-refractivity contribution in [3.63, 3.8) is 0 Å². The second-order valence-corrected chi connectivity index (χ2v) is 7.13. The van der Waals surface area contributed by atoms with Crippen molar-refractivity contribution < 1.29 is 0 Å². The van der Waals surface area contributed by atoms with Gasteiger partial charge in [0.05, 0.1) is 0 Å². The van der Waals surface area contributed by atoms with Gasteiger partial charge in [0.25, 0.3) is 5.56 Å². The Morgan fingerprint density at radius 3 is 2.59 bits per heavy atom. The van der Waals surface area contributed by atoms with Gasteiger partial charge in [-0.25, -0.2) is 4.79 Å². The molecule has 0 spiro atoms. The molecule has 1 aromatic rings. The predicted molar refractivity (Wildman–Crippen MR) is 86.9 cm³/mol. The van der Waals surface area contributed by atoms with Gasteiger partial charge in [-0.15, -0.1) is 0 Å². The number of piperidine rings is 1. The molecule has 0 aromatic carbocycles. The minimum Gasteiger partial charge on any atom is -0.299 e. The number of rotatable bonds is 2. The van der Waals surface area contributed by atoms with Crippen LogP contribution in [0, 0.1) is 11.8 Å². The minimum absolute atomic E-state index is 0.205. The second kappa shape index (κ2) is 6.03. The first-order valence-corrected chi connectivity index (χ1v) is 8.49. The lowest BCUT2D eigenvalue weighted by Gasteiger charge is -2.47. The predicted octanol–water partition coefficient (Wildman–Crippen LogP) is 1.48. The van der Waals surface area contributed by atoms with Crippen LogP contribution >= 0.6 is 0 Å². The number of nitrogens with zero attached hydrogens (tertiary/aromatic N) is 3. The molecule has 122 valence electrons. The van der Waals surface area contributed by atoms with E-state index in [0.717, 1.165) is 30.6 Å². The fourth-order valence-electron chi connectivity index (χ4n) is 4.34. The van der Waals surface area contributed by atoms with Crippen molar-refractivity contribution in [3.05, 3.63) is 32.6 Å². The number of fused-ring (bicyclic) bond motifs is 1. The van der Waals surface area contributed by atoms with Gasteiger partial charge in [0.2, 0.25) is 0 Å². The normalized spacial score (nSPS) is 29.3. The highest BCUT2D eigenvalue weighted by molar-refractivity contribution is 5.04. The smallest absolute Gasteiger partial charge is 0.299 e. The summed E-state index contributed by atoms with van der Waals surface area (Å²) in [4.78, 5) is 26.5. The van der Waals surface area contributed by atoms with E-state index in [1.165, 1.54) is 43.7 Å². The first-order valence-electron chi connectivity index (χ1n) is 8.49. The minimum atomic E-state index is -0.229. The summed E-state index contributed by atoms with van der Waals surface area (Å²) in [6.07, 6.45) is 6.47. The fraction of sp³-hybridized carbons (Fsp3) is 0.765. The third kappa shape index (κ3) is 2.67. The summed E-state index contributed by atoms with van der Waals surface area (Å²) in [5.74, 6) is 1.58. The van der Waals surface area contributed by atoms with Crippen molar-refractivity contribution in [2.75, 3.05) is 6.54 Å². The topological polar surface area (TPSA) is 47.2 Å². The molecule has 2 heterocycles. The summed E-state index contributed by atoms with van der Waals surface area (Å²) < 4.78 is 2.79. The van der Waals surface area contributed by atoms with Gasteiger partial charge in [0, 0.05) is 38.4 Å². The molecule has 5 heteroatoms. The Balaban J connectivity index is 1.87. The van der Waals surface area contributed by atoms with Gasteiger partial charge >= 0.3 is 5.69 Å². The van der Waals surface area contributed by atoms with Crippen LogP contribution in [0.3, 0.4) is 0 Å². The van der Waals surface area contributed by atoms with Crippen LogP contribution < -0.4 is 11.2 Å². The van der Waals surface area contributed by atoms with E-state index in [0.29, 0.717) is 6.04 Å². The Bertz CT molecular complexity index is 661. The molecule has 1 saturated carbocycles. The summed E-state index contributed by atoms with van der Waals surface area (Å²) in [7, 11) is 3.30. The molecule has 1 aromatic heterocycles. The maximum absolute atomic E-state index is 12.1. The zero-order valence-corrected chi connectivity index (χ0v) is 13.9. The van der Waals surface area contributed by atoms with Crippen LogP contribution in [-0.4, -0.2) is 26.6 Å². The molecule has 0 N–H and O–H groups in total. The van der Waals surface area contributed by atoms with Crippen LogP contribution in [-0.2, 0) is 20.6 Å². The summed E-state index contributed by atoms with van der Waals surface area (Å²) in [6.45, 7) is 4.18. The molecule has 3 atom stereocenters. The molecular formula is C17H27N3O2. The molecule has 0 bridgehead atoms. The Hall–Kier alpha value is -1.36. The number of likely N-dealkylation sites (tertiary alicyclic amines) is 1. The summed E-state index contributed by atoms with van der Waals surface area (Å²) in [6, 6.07) is 2.24. The summed E-state index contributed by atoms with van der Waals surface area (Å²) >= 11 is 0. The van der Waals surface area contributed by atoms with Crippen molar-refractivity contribution >= 4 is 0 Å². The third-order valence-corrected chi connectivity index (χ3v) is 5.84. The lowest BCUT2D eigenvalue weighted by molar-refractivity contribution is 0.0188. The van der Waals surface area contributed by atoms with E-state index in [2.05, 4.69) is 11.8 Å². The van der Waals surface area contributed by atoms with Gasteiger partial charge < -0.3 is 0 Å². The molecule has 2 fully saturated rings. The van der Waals surface area contributed by atoms with Crippen LogP contribution in [0.15, 0.2) is 15.7 Å². The van der Waals surface area contributed by atoms with Gasteiger partial charge in [-0.1, -0.05) is 19.8 Å². The molecule has 1 aliphatic heterocycles. The Labute approximate surface area is 131 Å². The van der Waals surface area contributed by atoms with E-state index in [1.807, 2.05) is 0 Å². The molecule has 2 aliphatic rings. The van der Waals surface area contributed by atoms with Crippen LogP contribution in [0.1, 0.15) is 44.7 Å². The van der Waals surface area contributed by atoms with Gasteiger partial charge in [-0.3, -0.25) is 18.8 Å². The quantitative estimate of drug-likeness (QED) is 0.831. The van der Waals surface area contributed by atoms with Crippen LogP contribution in [0.25, 0.3) is 0 Å². The van der Waals surface area contributed by atoms with Crippen molar-refractivity contribution in [2.24, 2.45) is 25.9 Å². The van der Waals surface area contributed by atoms with Crippen LogP contribution in [0.4, 0.5) is 0 Å². The molecule has 22 heavy (non-hydrogen) atoms. The first kappa shape index (κ1) is 15.5. The van der Waals surface area contributed by atoms with Gasteiger partial charge in [-0.05, 0) is 37.6 Å². The maximum atomic E-state index is 12.1. The Kier molecular flexibility index (Phi) is 4.26. The van der Waals surface area contributed by atoms with Gasteiger partial charge in [-0.2, -0.15) is 0 Å². The van der Waals surface area contributed by atoms with E-state index in [-0.39, 0.29) is 11.2 Å². The van der Waals surface area contributed by atoms with E-state index >= 15 is 0 Å². The largest absolute Gasteiger partial charge is 0.330 e. The van der Waals surface area contributed by atoms with E-state index < -0.39 is 0 Å². The Morgan fingerprint density at radius 2 is 1.82 bits per heavy atom. The average Bonchev–Trinajstić information content (AvgIpc) is 2.53. The number of aromatic nitrogens is 2. The first-order chi connectivity index (χ1) is 10.5. The zero-order chi connectivity index (χ0) is 15.9. The van der Waals surface area contributed by atoms with Crippen molar-refractivity contribution in [1.82, 2.24) is 14.0 Å². The van der Waals surface area contributed by atoms with E-state index in [9.17, 15) is 9.59 Å². The molecule has 1 saturated heterocycles. The Morgan fingerprint density at radius 1 is 1.09 bits per heavy atom. The van der Waals surface area contributed by atoms with Crippen molar-refractivity contribution in [3.8, 4) is 0 Å². The van der Waals surface area contributed by atoms with Crippen molar-refractivity contribution in [1.29, 1.82) is 0 Å². The zero-order valence-electron chi connectivity index (χ0n) is 13.9. The molecular weight excluding hydrogens is 278 g/mol. The van der Waals surface area contributed by atoms with Crippen LogP contribution in [0.2, 0.25) is 0 Å². The highest BCUT2D eigenvalue weighted by Gasteiger charge is 2.37. The molecule has 1 aliphatic carbocycles. The molecule has 0 radical (unpaired) electrons. The van der Waals surface area contributed by atoms with E-state index in [4.69, 9.17) is 0 Å². The van der Waals surface area contributed by atoms with Gasteiger partial charge in [0.15, 0.2) is 0 Å². The summed E-state index contributed by atoms with van der Waals surface area (Å²) in [5, 5.41) is 0. The average molecular weight is 305 g/mol. The summed E-state index contributed by atoms with van der Waals surface area (Å²) in [5.41, 5.74) is 0.406. The fourth-order valence-corrected chi connectivity index (χ4v) is 4.34. The van der Waals surface area contributed by atoms with Crippen molar-refractivity contribution in [2.45, 2.75) is 51.6 Å². The number of hydrogen-bond donors (Lipinski definition) is 0. The van der Waals surface area contributed by atoms with Gasteiger partial charge in [0.1, 0.15) is 0 Å². The maximum Gasteiger partial charge on any atom is 0.330 e. The highest BCUT2D eigenvalue weighted by atomic mass is 16.2. The highest BCUT2D eigenvalue weighted by Crippen LogP contribution is 2.39. The SMILES string of the molecule is CC1CCN(Cc2cc(=O)n(C)c(=O)n2C)C2CCCCC12. The lowest BCUT2D eigenvalue weighted by Crippen LogP contribution is -2.50. The molecule has 3 rings (SSSR count). The number of hydrogen-bond acceptors (Lipinski definition) is 3. The van der Waals surface area contributed by atoms with Crippen LogP contribution in [0.5, 0.6) is 0 Å². The van der Waals surface area contributed by atoms with E-state index in [1.54, 1.807) is 17.7 Å². The third-order valence-electron chi connectivity index (χ3n) is 5.84. The molecule has 0 amide bonds.